The molecule has 0 aliphatic heterocycles. The third kappa shape index (κ3) is 3.92. The Kier molecular flexibility index (Phi) is 4.96. The number of benzene rings is 1. The van der Waals surface area contributed by atoms with Crippen molar-refractivity contribution in [3.05, 3.63) is 52.3 Å². The van der Waals surface area contributed by atoms with Gasteiger partial charge >= 0.3 is 6.03 Å². The van der Waals surface area contributed by atoms with E-state index in [4.69, 9.17) is 10.1 Å². The number of rotatable bonds is 3. The van der Waals surface area contributed by atoms with Crippen LogP contribution in [0.25, 0.3) is 0 Å². The average Bonchev–Trinajstić information content (AvgIpc) is 3.29. The Bertz CT molecular complexity index is 1080. The van der Waals surface area contributed by atoms with Crippen LogP contribution in [0.4, 0.5) is 10.5 Å². The number of hydrogen-bond acceptors (Lipinski definition) is 4. The molecule has 2 amide bonds. The Morgan fingerprint density at radius 3 is 2.38 bits per heavy atom. The highest BCUT2D eigenvalue weighted by Crippen LogP contribution is 2.36. The normalized spacial score (nSPS) is 17.4. The second-order valence-electron chi connectivity index (χ2n) is 8.22. The van der Waals surface area contributed by atoms with Crippen LogP contribution in [0, 0.1) is 0 Å². The highest BCUT2D eigenvalue weighted by Gasteiger charge is 2.27. The van der Waals surface area contributed by atoms with Crippen molar-refractivity contribution >= 4 is 21.6 Å². The Morgan fingerprint density at radius 2 is 1.79 bits per heavy atom. The van der Waals surface area contributed by atoms with Crippen LogP contribution in [0.5, 0.6) is 0 Å². The summed E-state index contributed by atoms with van der Waals surface area (Å²) in [6.45, 7) is 3.25. The lowest BCUT2D eigenvalue weighted by Crippen LogP contribution is -2.20. The fourth-order valence-electron chi connectivity index (χ4n) is 4.10. The average molecular weight is 415 g/mol. The van der Waals surface area contributed by atoms with Gasteiger partial charge < -0.3 is 10.4 Å². The van der Waals surface area contributed by atoms with Gasteiger partial charge in [0.15, 0.2) is 0 Å². The minimum atomic E-state index is -3.45. The highest BCUT2D eigenvalue weighted by atomic mass is 32.2. The van der Waals surface area contributed by atoms with Crippen molar-refractivity contribution in [1.82, 2.24) is 4.98 Å². The van der Waals surface area contributed by atoms with Gasteiger partial charge in [0.05, 0.1) is 16.2 Å². The van der Waals surface area contributed by atoms with Crippen molar-refractivity contribution in [2.75, 3.05) is 5.32 Å². The summed E-state index contributed by atoms with van der Waals surface area (Å²) in [6, 6.07) is 5.71. The fraction of sp³-hybridized carbons (Fsp3) is 0.429. The molecule has 1 aromatic carbocycles. The van der Waals surface area contributed by atoms with Gasteiger partial charge in [-0.15, -0.1) is 4.36 Å². The van der Waals surface area contributed by atoms with E-state index in [1.54, 1.807) is 32.0 Å². The lowest BCUT2D eigenvalue weighted by atomic mass is 9.99. The Labute approximate surface area is 171 Å². The SMILES string of the molecule is CC(C)(O)c1cccc(S(N)(=O)=NC(=O)Nc2c3c(nc4c2CCC4)CCC3)c1. The predicted molar refractivity (Wildman–Crippen MR) is 112 cm³/mol. The van der Waals surface area contributed by atoms with Crippen LogP contribution in [0.2, 0.25) is 0 Å². The molecule has 0 spiro atoms. The number of pyridine rings is 1. The van der Waals surface area contributed by atoms with E-state index >= 15 is 0 Å². The minimum Gasteiger partial charge on any atom is -0.386 e. The number of carbonyl (C=O) groups excluding carboxylic acids is 1. The second-order valence-corrected chi connectivity index (χ2v) is 10.0. The first kappa shape index (κ1) is 20.0. The van der Waals surface area contributed by atoms with E-state index in [2.05, 4.69) is 9.68 Å². The number of carbonyl (C=O) groups is 1. The van der Waals surface area contributed by atoms with Crippen molar-refractivity contribution < 1.29 is 14.1 Å². The van der Waals surface area contributed by atoms with Crippen LogP contribution in [0.15, 0.2) is 33.5 Å². The van der Waals surface area contributed by atoms with E-state index in [1.807, 2.05) is 0 Å². The van der Waals surface area contributed by atoms with E-state index in [0.717, 1.165) is 66.7 Å². The van der Waals surface area contributed by atoms with Crippen LogP contribution < -0.4 is 10.5 Å². The highest BCUT2D eigenvalue weighted by molar-refractivity contribution is 7.91. The van der Waals surface area contributed by atoms with E-state index in [0.29, 0.717) is 5.56 Å². The number of amides is 2. The predicted octanol–water partition coefficient (Wildman–Crippen LogP) is 3.22. The smallest absolute Gasteiger partial charge is 0.354 e. The first-order valence-electron chi connectivity index (χ1n) is 9.87. The number of anilines is 1. The molecule has 2 aliphatic rings. The molecule has 0 saturated carbocycles. The molecule has 154 valence electrons. The molecule has 8 heteroatoms. The van der Waals surface area contributed by atoms with E-state index in [1.165, 1.54) is 6.07 Å². The number of nitrogens with one attached hydrogen (secondary N) is 1. The maximum absolute atomic E-state index is 13.0. The summed E-state index contributed by atoms with van der Waals surface area (Å²) in [6.07, 6.45) is 5.61. The number of urea groups is 1. The first-order chi connectivity index (χ1) is 13.6. The van der Waals surface area contributed by atoms with Crippen LogP contribution in [-0.4, -0.2) is 20.3 Å². The fourth-order valence-corrected chi connectivity index (χ4v) is 5.07. The van der Waals surface area contributed by atoms with Crippen molar-refractivity contribution in [3.63, 3.8) is 0 Å². The van der Waals surface area contributed by atoms with Crippen LogP contribution in [0.3, 0.4) is 0 Å². The van der Waals surface area contributed by atoms with Gasteiger partial charge in [0.1, 0.15) is 9.92 Å². The maximum atomic E-state index is 13.0. The number of aryl methyl sites for hydroxylation is 2. The second kappa shape index (κ2) is 7.19. The molecule has 2 aliphatic carbocycles. The van der Waals surface area contributed by atoms with E-state index in [-0.39, 0.29) is 4.90 Å². The molecule has 1 aromatic heterocycles. The lowest BCUT2D eigenvalue weighted by Gasteiger charge is -2.18. The van der Waals surface area contributed by atoms with Crippen molar-refractivity contribution in [1.29, 1.82) is 0 Å². The van der Waals surface area contributed by atoms with Gasteiger partial charge in [-0.1, -0.05) is 12.1 Å². The molecule has 0 bridgehead atoms. The summed E-state index contributed by atoms with van der Waals surface area (Å²) < 4.78 is 16.8. The van der Waals surface area contributed by atoms with Gasteiger partial charge in [-0.3, -0.25) is 4.98 Å². The van der Waals surface area contributed by atoms with Crippen molar-refractivity contribution in [2.45, 2.75) is 62.9 Å². The summed E-state index contributed by atoms with van der Waals surface area (Å²) in [7, 11) is -3.45. The number of nitrogens with two attached hydrogens (primary N) is 1. The lowest BCUT2D eigenvalue weighted by molar-refractivity contribution is 0.0784. The zero-order chi connectivity index (χ0) is 20.8. The zero-order valence-electron chi connectivity index (χ0n) is 16.7. The van der Waals surface area contributed by atoms with Crippen molar-refractivity contribution in [2.24, 2.45) is 9.50 Å². The standard InChI is InChI=1S/C21H26N4O3S/c1-21(2,27)13-6-3-7-14(12-13)29(22,28)25-20(26)24-19-15-8-4-10-17(15)23-18-11-5-9-16(18)19/h3,6-7,12,27H,4-5,8-11H2,1-2H3,(H3,22,23,24,25,26,28). The summed E-state index contributed by atoms with van der Waals surface area (Å²) in [5.41, 5.74) is 4.46. The topological polar surface area (TPSA) is 118 Å². The number of nitrogens with zero attached hydrogens (tertiary/aromatic N) is 2. The summed E-state index contributed by atoms with van der Waals surface area (Å²) in [5.74, 6) is 0. The van der Waals surface area contributed by atoms with E-state index < -0.39 is 21.5 Å². The summed E-state index contributed by atoms with van der Waals surface area (Å²) in [5, 5.41) is 19.0. The van der Waals surface area contributed by atoms with Gasteiger partial charge in [-0.05, 0) is 81.2 Å². The number of aromatic nitrogens is 1. The molecule has 2 aromatic rings. The molecule has 1 atom stereocenters. The molecule has 1 heterocycles. The zero-order valence-corrected chi connectivity index (χ0v) is 17.5. The Balaban J connectivity index is 1.67. The monoisotopic (exact) mass is 414 g/mol. The molecule has 1 unspecified atom stereocenters. The molecular formula is C21H26N4O3S. The molecule has 4 N–H and O–H groups in total. The number of hydrogen-bond donors (Lipinski definition) is 3. The molecule has 0 radical (unpaired) electrons. The number of aliphatic hydroxyl groups is 1. The third-order valence-electron chi connectivity index (χ3n) is 5.58. The molecular weight excluding hydrogens is 388 g/mol. The third-order valence-corrected chi connectivity index (χ3v) is 6.95. The minimum absolute atomic E-state index is 0.206. The Hall–Kier alpha value is -2.29. The van der Waals surface area contributed by atoms with Gasteiger partial charge in [-0.25, -0.2) is 14.1 Å². The van der Waals surface area contributed by atoms with Gasteiger partial charge in [0.25, 0.3) is 0 Å². The van der Waals surface area contributed by atoms with Crippen molar-refractivity contribution in [3.8, 4) is 0 Å². The molecule has 4 rings (SSSR count). The summed E-state index contributed by atoms with van der Waals surface area (Å²) >= 11 is 0. The molecule has 0 saturated heterocycles. The van der Waals surface area contributed by atoms with E-state index in [9.17, 15) is 14.1 Å². The number of fused-ring (bicyclic) bond motifs is 2. The van der Waals surface area contributed by atoms with Crippen LogP contribution in [-0.2, 0) is 41.2 Å². The van der Waals surface area contributed by atoms with Gasteiger partial charge in [-0.2, -0.15) is 0 Å². The van der Waals surface area contributed by atoms with Gasteiger partial charge in [0, 0.05) is 11.4 Å². The molecule has 7 nitrogen and oxygen atoms in total. The van der Waals surface area contributed by atoms with Crippen LogP contribution >= 0.6 is 0 Å². The van der Waals surface area contributed by atoms with Crippen LogP contribution in [0.1, 0.15) is 54.8 Å². The maximum Gasteiger partial charge on any atom is 0.354 e. The quantitative estimate of drug-likeness (QED) is 0.714. The Morgan fingerprint density at radius 1 is 1.17 bits per heavy atom. The largest absolute Gasteiger partial charge is 0.386 e. The summed E-state index contributed by atoms with van der Waals surface area (Å²) in [4.78, 5) is 17.7. The van der Waals surface area contributed by atoms with Gasteiger partial charge in [0.2, 0.25) is 0 Å². The molecule has 0 fully saturated rings. The molecule has 29 heavy (non-hydrogen) atoms. The first-order valence-corrected chi connectivity index (χ1v) is 11.5.